The van der Waals surface area contributed by atoms with E-state index in [4.69, 9.17) is 12.2 Å². The molecule has 88 valence electrons. The van der Waals surface area contributed by atoms with E-state index in [0.29, 0.717) is 9.52 Å². The molecule has 5 heteroatoms. The van der Waals surface area contributed by atoms with Gasteiger partial charge in [0.2, 0.25) is 0 Å². The largest absolute Gasteiger partial charge is 0.324 e. The maximum atomic E-state index is 11.1. The van der Waals surface area contributed by atoms with Gasteiger partial charge < -0.3 is 4.57 Å². The van der Waals surface area contributed by atoms with Crippen LogP contribution in [-0.2, 0) is 6.54 Å². The summed E-state index contributed by atoms with van der Waals surface area (Å²) in [5.41, 5.74) is -0.120. The number of hydrogen-bond donors (Lipinski definition) is 1. The Labute approximate surface area is 104 Å². The van der Waals surface area contributed by atoms with Gasteiger partial charge in [-0.1, -0.05) is 12.8 Å². The van der Waals surface area contributed by atoms with E-state index in [1.807, 2.05) is 16.3 Å². The van der Waals surface area contributed by atoms with Crippen molar-refractivity contribution in [2.45, 2.75) is 37.0 Å². The molecule has 0 bridgehead atoms. The molecule has 1 N–H and O–H groups in total. The molecule has 0 saturated heterocycles. The minimum Gasteiger partial charge on any atom is -0.324 e. The second-order valence-corrected chi connectivity index (χ2v) is 5.99. The van der Waals surface area contributed by atoms with Gasteiger partial charge in [-0.05, 0) is 31.3 Å². The highest BCUT2D eigenvalue weighted by Crippen LogP contribution is 2.41. The molecule has 0 atom stereocenters. The maximum absolute atomic E-state index is 11.1. The zero-order valence-electron chi connectivity index (χ0n) is 9.36. The first-order valence-corrected chi connectivity index (χ1v) is 7.13. The van der Waals surface area contributed by atoms with Gasteiger partial charge in [-0.15, -0.1) is 0 Å². The molecule has 0 radical (unpaired) electrons. The van der Waals surface area contributed by atoms with E-state index in [2.05, 4.69) is 11.2 Å². The Morgan fingerprint density at radius 1 is 1.56 bits per heavy atom. The predicted octanol–water partition coefficient (Wildman–Crippen LogP) is 2.58. The van der Waals surface area contributed by atoms with Crippen molar-refractivity contribution < 1.29 is 0 Å². The van der Waals surface area contributed by atoms with Crippen LogP contribution in [0.2, 0.25) is 0 Å². The second kappa shape index (κ2) is 4.75. The van der Waals surface area contributed by atoms with E-state index in [-0.39, 0.29) is 5.56 Å². The highest BCUT2D eigenvalue weighted by Gasteiger charge is 2.33. The minimum absolute atomic E-state index is 0.120. The molecule has 1 saturated carbocycles. The molecule has 0 unspecified atom stereocenters. The summed E-state index contributed by atoms with van der Waals surface area (Å²) < 4.78 is 2.84. The van der Waals surface area contributed by atoms with Crippen LogP contribution in [0.15, 0.2) is 17.1 Å². The lowest BCUT2D eigenvalue weighted by molar-refractivity contribution is 0.494. The van der Waals surface area contributed by atoms with Crippen LogP contribution in [0.25, 0.3) is 0 Å². The van der Waals surface area contributed by atoms with E-state index < -0.39 is 0 Å². The number of nitrogens with one attached hydrogen (secondary N) is 1. The normalized spacial score (nSPS) is 18.8. The maximum Gasteiger partial charge on any atom is 0.251 e. The van der Waals surface area contributed by atoms with Gasteiger partial charge in [0.05, 0.1) is 0 Å². The molecule has 3 nitrogen and oxygen atoms in total. The Bertz CT molecular complexity index is 471. The molecule has 16 heavy (non-hydrogen) atoms. The first-order chi connectivity index (χ1) is 7.65. The molecular formula is C11H16N2OS2. The molecule has 1 aromatic heterocycles. The average molecular weight is 256 g/mol. The fourth-order valence-electron chi connectivity index (χ4n) is 2.33. The summed E-state index contributed by atoms with van der Waals surface area (Å²) in [5, 5.41) is 0. The molecule has 1 fully saturated rings. The lowest BCUT2D eigenvalue weighted by Gasteiger charge is -2.27. The van der Waals surface area contributed by atoms with E-state index in [9.17, 15) is 4.79 Å². The van der Waals surface area contributed by atoms with Crippen LogP contribution in [0.4, 0.5) is 0 Å². The van der Waals surface area contributed by atoms with Gasteiger partial charge in [0.15, 0.2) is 4.77 Å². The third-order valence-corrected chi connectivity index (χ3v) is 5.04. The van der Waals surface area contributed by atoms with Crippen LogP contribution < -0.4 is 5.56 Å². The van der Waals surface area contributed by atoms with Crippen LogP contribution >= 0.6 is 24.0 Å². The molecule has 1 aromatic rings. The molecule has 0 spiro atoms. The van der Waals surface area contributed by atoms with Crippen molar-refractivity contribution in [3.63, 3.8) is 0 Å². The van der Waals surface area contributed by atoms with Crippen LogP contribution in [0.1, 0.15) is 25.7 Å². The Morgan fingerprint density at radius 3 is 2.81 bits per heavy atom. The number of aromatic amines is 1. The molecular weight excluding hydrogens is 240 g/mol. The lowest BCUT2D eigenvalue weighted by Crippen LogP contribution is -2.28. The van der Waals surface area contributed by atoms with Gasteiger partial charge in [0.1, 0.15) is 0 Å². The highest BCUT2D eigenvalue weighted by molar-refractivity contribution is 8.00. The molecule has 0 amide bonds. The second-order valence-electron chi connectivity index (χ2n) is 4.33. The van der Waals surface area contributed by atoms with Crippen molar-refractivity contribution in [1.82, 2.24) is 9.55 Å². The van der Waals surface area contributed by atoms with Gasteiger partial charge in [-0.3, -0.25) is 9.78 Å². The SMILES string of the molecule is CSC1(Cn2ccc(=O)[nH]c2=S)CCCC1. The zero-order chi connectivity index (χ0) is 11.6. The highest BCUT2D eigenvalue weighted by atomic mass is 32.2. The average Bonchev–Trinajstić information content (AvgIpc) is 2.72. The molecule has 0 aromatic carbocycles. The van der Waals surface area contributed by atoms with Crippen molar-refractivity contribution in [2.75, 3.05) is 6.26 Å². The summed E-state index contributed by atoms with van der Waals surface area (Å²) in [6.07, 6.45) is 9.07. The molecule has 0 aliphatic heterocycles. The van der Waals surface area contributed by atoms with E-state index in [0.717, 1.165) is 6.54 Å². The third kappa shape index (κ3) is 2.40. The number of nitrogens with zero attached hydrogens (tertiary/aromatic N) is 1. The fourth-order valence-corrected chi connectivity index (χ4v) is 3.52. The van der Waals surface area contributed by atoms with Crippen LogP contribution in [0.5, 0.6) is 0 Å². The van der Waals surface area contributed by atoms with Gasteiger partial charge in [-0.2, -0.15) is 11.8 Å². The summed E-state index contributed by atoms with van der Waals surface area (Å²) in [5.74, 6) is 0. The standard InChI is InChI=1S/C11H16N2OS2/c1-16-11(5-2-3-6-11)8-13-7-4-9(14)12-10(13)15/h4,7H,2-3,5-6,8H2,1H3,(H,12,14,15). The lowest BCUT2D eigenvalue weighted by atomic mass is 10.1. The first kappa shape index (κ1) is 11.9. The van der Waals surface area contributed by atoms with Crippen molar-refractivity contribution >= 4 is 24.0 Å². The van der Waals surface area contributed by atoms with Gasteiger partial charge in [0, 0.05) is 23.6 Å². The fraction of sp³-hybridized carbons (Fsp3) is 0.636. The Kier molecular flexibility index (Phi) is 3.54. The summed E-state index contributed by atoms with van der Waals surface area (Å²) in [7, 11) is 0. The third-order valence-electron chi connectivity index (χ3n) is 3.30. The zero-order valence-corrected chi connectivity index (χ0v) is 11.0. The Hall–Kier alpha value is -0.550. The summed E-state index contributed by atoms with van der Waals surface area (Å²) >= 11 is 7.10. The van der Waals surface area contributed by atoms with Crippen LogP contribution in [0, 0.1) is 4.77 Å². The molecule has 1 aliphatic rings. The topological polar surface area (TPSA) is 37.8 Å². The number of aromatic nitrogens is 2. The molecule has 2 rings (SSSR count). The van der Waals surface area contributed by atoms with Crippen molar-refractivity contribution in [2.24, 2.45) is 0 Å². The smallest absolute Gasteiger partial charge is 0.251 e. The van der Waals surface area contributed by atoms with Crippen molar-refractivity contribution in [3.05, 3.63) is 27.4 Å². The van der Waals surface area contributed by atoms with Gasteiger partial charge >= 0.3 is 0 Å². The van der Waals surface area contributed by atoms with Crippen LogP contribution in [-0.4, -0.2) is 20.6 Å². The molecule has 1 aliphatic carbocycles. The van der Waals surface area contributed by atoms with Crippen molar-refractivity contribution in [3.8, 4) is 0 Å². The van der Waals surface area contributed by atoms with Crippen molar-refractivity contribution in [1.29, 1.82) is 0 Å². The van der Waals surface area contributed by atoms with E-state index >= 15 is 0 Å². The Morgan fingerprint density at radius 2 is 2.25 bits per heavy atom. The first-order valence-electron chi connectivity index (χ1n) is 5.50. The number of hydrogen-bond acceptors (Lipinski definition) is 3. The Balaban J connectivity index is 2.26. The van der Waals surface area contributed by atoms with Gasteiger partial charge in [0.25, 0.3) is 5.56 Å². The summed E-state index contributed by atoms with van der Waals surface area (Å²) in [6.45, 7) is 0.907. The van der Waals surface area contributed by atoms with Crippen LogP contribution in [0.3, 0.4) is 0 Å². The van der Waals surface area contributed by atoms with Gasteiger partial charge in [-0.25, -0.2) is 0 Å². The minimum atomic E-state index is -0.120. The predicted molar refractivity (Wildman–Crippen MR) is 70.6 cm³/mol. The summed E-state index contributed by atoms with van der Waals surface area (Å²) in [6, 6.07) is 1.54. The number of rotatable bonds is 3. The number of thioether (sulfide) groups is 1. The number of H-pyrrole nitrogens is 1. The monoisotopic (exact) mass is 256 g/mol. The summed E-state index contributed by atoms with van der Waals surface area (Å²) in [4.78, 5) is 13.8. The molecule has 1 heterocycles. The quantitative estimate of drug-likeness (QED) is 0.845. The van der Waals surface area contributed by atoms with E-state index in [1.54, 1.807) is 12.3 Å². The van der Waals surface area contributed by atoms with E-state index in [1.165, 1.54) is 25.7 Å².